The monoisotopic (exact) mass is 325 g/mol. The number of benzene rings is 2. The van der Waals surface area contributed by atoms with E-state index in [0.717, 1.165) is 22.4 Å². The van der Waals surface area contributed by atoms with Gasteiger partial charge in [0.25, 0.3) is 0 Å². The molecule has 2 aromatic carbocycles. The van der Waals surface area contributed by atoms with Crippen LogP contribution in [0.3, 0.4) is 0 Å². The van der Waals surface area contributed by atoms with E-state index in [-0.39, 0.29) is 24.7 Å². The van der Waals surface area contributed by atoms with Crippen LogP contribution in [0.5, 0.6) is 0 Å². The molecule has 24 heavy (non-hydrogen) atoms. The number of nitrogens with one attached hydrogen (secondary N) is 1. The summed E-state index contributed by atoms with van der Waals surface area (Å²) < 4.78 is 5.17. The van der Waals surface area contributed by atoms with E-state index in [0.29, 0.717) is 13.0 Å². The van der Waals surface area contributed by atoms with Crippen molar-refractivity contribution in [2.75, 3.05) is 11.9 Å². The lowest BCUT2D eigenvalue weighted by atomic mass is 10.1. The Morgan fingerprint density at radius 2 is 1.71 bits per heavy atom. The molecule has 0 fully saturated rings. The number of ether oxygens (including phenoxy) is 1. The molecular weight excluding hydrogens is 302 g/mol. The summed E-state index contributed by atoms with van der Waals surface area (Å²) in [4.78, 5) is 23.7. The Labute approximate surface area is 142 Å². The molecule has 0 atom stereocenters. The molecule has 0 heterocycles. The maximum atomic E-state index is 12.0. The number of hydrogen-bond acceptors (Lipinski definition) is 3. The van der Waals surface area contributed by atoms with Gasteiger partial charge in [-0.05, 0) is 36.6 Å². The van der Waals surface area contributed by atoms with Crippen LogP contribution in [-0.2, 0) is 20.7 Å². The number of carbonyl (C=O) groups is 2. The SMILES string of the molecule is Cc1cccc(NC(=O)CCC(=O)OCCc2ccccc2)c1C. The van der Waals surface area contributed by atoms with E-state index in [1.807, 2.05) is 62.4 Å². The molecule has 2 aromatic rings. The Kier molecular flexibility index (Phi) is 6.55. The van der Waals surface area contributed by atoms with E-state index in [1.165, 1.54) is 0 Å². The highest BCUT2D eigenvalue weighted by molar-refractivity contribution is 5.93. The zero-order chi connectivity index (χ0) is 17.4. The van der Waals surface area contributed by atoms with Gasteiger partial charge in [-0.15, -0.1) is 0 Å². The minimum atomic E-state index is -0.345. The second-order valence-electron chi connectivity index (χ2n) is 5.75. The lowest BCUT2D eigenvalue weighted by Crippen LogP contribution is -2.16. The first kappa shape index (κ1) is 17.7. The molecule has 126 valence electrons. The topological polar surface area (TPSA) is 55.4 Å². The molecule has 4 heteroatoms. The van der Waals surface area contributed by atoms with Gasteiger partial charge in [-0.1, -0.05) is 42.5 Å². The van der Waals surface area contributed by atoms with Gasteiger partial charge >= 0.3 is 5.97 Å². The van der Waals surface area contributed by atoms with Crippen LogP contribution < -0.4 is 5.32 Å². The van der Waals surface area contributed by atoms with Gasteiger partial charge in [-0.25, -0.2) is 0 Å². The van der Waals surface area contributed by atoms with Crippen molar-refractivity contribution in [1.82, 2.24) is 0 Å². The highest BCUT2D eigenvalue weighted by Gasteiger charge is 2.10. The minimum absolute atomic E-state index is 0.0888. The highest BCUT2D eigenvalue weighted by Crippen LogP contribution is 2.18. The first-order valence-electron chi connectivity index (χ1n) is 8.12. The van der Waals surface area contributed by atoms with E-state index >= 15 is 0 Å². The first-order valence-corrected chi connectivity index (χ1v) is 8.12. The van der Waals surface area contributed by atoms with Crippen molar-refractivity contribution in [2.24, 2.45) is 0 Å². The summed E-state index contributed by atoms with van der Waals surface area (Å²) in [5.74, 6) is -0.522. The number of rotatable bonds is 7. The molecule has 0 bridgehead atoms. The second kappa shape index (κ2) is 8.87. The molecule has 0 saturated heterocycles. The molecule has 0 saturated carbocycles. The van der Waals surface area contributed by atoms with Gasteiger partial charge < -0.3 is 10.1 Å². The lowest BCUT2D eigenvalue weighted by molar-refractivity contribution is -0.144. The van der Waals surface area contributed by atoms with Gasteiger partial charge in [-0.3, -0.25) is 9.59 Å². The van der Waals surface area contributed by atoms with Gasteiger partial charge in [0.15, 0.2) is 0 Å². The molecule has 0 spiro atoms. The molecule has 1 amide bonds. The molecule has 0 aliphatic carbocycles. The zero-order valence-electron chi connectivity index (χ0n) is 14.2. The van der Waals surface area contributed by atoms with Crippen LogP contribution in [-0.4, -0.2) is 18.5 Å². The second-order valence-corrected chi connectivity index (χ2v) is 5.75. The quantitative estimate of drug-likeness (QED) is 0.788. The smallest absolute Gasteiger partial charge is 0.306 e. The van der Waals surface area contributed by atoms with Gasteiger partial charge in [0.05, 0.1) is 13.0 Å². The van der Waals surface area contributed by atoms with Crippen LogP contribution in [0, 0.1) is 13.8 Å². The van der Waals surface area contributed by atoms with Gasteiger partial charge in [0.1, 0.15) is 0 Å². The maximum absolute atomic E-state index is 12.0. The standard InChI is InChI=1S/C20H23NO3/c1-15-7-6-10-18(16(15)2)21-19(22)11-12-20(23)24-14-13-17-8-4-3-5-9-17/h3-10H,11-14H2,1-2H3,(H,21,22). The van der Waals surface area contributed by atoms with Gasteiger partial charge in [0, 0.05) is 18.5 Å². The fraction of sp³-hybridized carbons (Fsp3) is 0.300. The van der Waals surface area contributed by atoms with E-state index in [4.69, 9.17) is 4.74 Å². The molecule has 0 aliphatic heterocycles. The summed E-state index contributed by atoms with van der Waals surface area (Å²) in [6, 6.07) is 15.6. The highest BCUT2D eigenvalue weighted by atomic mass is 16.5. The zero-order valence-corrected chi connectivity index (χ0v) is 14.2. The number of anilines is 1. The molecule has 1 N–H and O–H groups in total. The first-order chi connectivity index (χ1) is 11.6. The fourth-order valence-corrected chi connectivity index (χ4v) is 2.31. The number of hydrogen-bond donors (Lipinski definition) is 1. The third-order valence-electron chi connectivity index (χ3n) is 3.93. The molecule has 0 unspecified atom stereocenters. The largest absolute Gasteiger partial charge is 0.465 e. The van der Waals surface area contributed by atoms with Crippen molar-refractivity contribution < 1.29 is 14.3 Å². The van der Waals surface area contributed by atoms with E-state index in [9.17, 15) is 9.59 Å². The predicted octanol–water partition coefficient (Wildman–Crippen LogP) is 3.81. The number of aryl methyl sites for hydroxylation is 1. The molecule has 0 radical (unpaired) electrons. The third kappa shape index (κ3) is 5.54. The van der Waals surface area contributed by atoms with Crippen molar-refractivity contribution in [1.29, 1.82) is 0 Å². The van der Waals surface area contributed by atoms with Crippen LogP contribution in [0.1, 0.15) is 29.5 Å². The normalized spacial score (nSPS) is 10.2. The summed E-state index contributed by atoms with van der Waals surface area (Å²) >= 11 is 0. The van der Waals surface area contributed by atoms with Crippen LogP contribution in [0.15, 0.2) is 48.5 Å². The summed E-state index contributed by atoms with van der Waals surface area (Å²) in [6.45, 7) is 4.29. The van der Waals surface area contributed by atoms with E-state index in [1.54, 1.807) is 0 Å². The summed E-state index contributed by atoms with van der Waals surface area (Å²) in [5, 5.41) is 2.84. The minimum Gasteiger partial charge on any atom is -0.465 e. The van der Waals surface area contributed by atoms with Crippen molar-refractivity contribution in [3.63, 3.8) is 0 Å². The molecule has 4 nitrogen and oxygen atoms in total. The van der Waals surface area contributed by atoms with Crippen molar-refractivity contribution in [2.45, 2.75) is 33.1 Å². The average molecular weight is 325 g/mol. The van der Waals surface area contributed by atoms with Crippen LogP contribution in [0.25, 0.3) is 0 Å². The summed E-state index contributed by atoms with van der Waals surface area (Å²) in [6.07, 6.45) is 0.893. The average Bonchev–Trinajstić information content (AvgIpc) is 2.58. The summed E-state index contributed by atoms with van der Waals surface area (Å²) in [5.41, 5.74) is 4.07. The lowest BCUT2D eigenvalue weighted by Gasteiger charge is -2.10. The number of carbonyl (C=O) groups excluding carboxylic acids is 2. The third-order valence-corrected chi connectivity index (χ3v) is 3.93. The molecule has 0 aromatic heterocycles. The van der Waals surface area contributed by atoms with Crippen molar-refractivity contribution in [3.05, 3.63) is 65.2 Å². The number of esters is 1. The maximum Gasteiger partial charge on any atom is 0.306 e. The van der Waals surface area contributed by atoms with Crippen LogP contribution in [0.2, 0.25) is 0 Å². The Bertz CT molecular complexity index is 695. The fourth-order valence-electron chi connectivity index (χ4n) is 2.31. The van der Waals surface area contributed by atoms with Crippen LogP contribution >= 0.6 is 0 Å². The Hall–Kier alpha value is -2.62. The molecule has 0 aliphatic rings. The predicted molar refractivity (Wildman–Crippen MR) is 94.9 cm³/mol. The van der Waals surface area contributed by atoms with Gasteiger partial charge in [-0.2, -0.15) is 0 Å². The Balaban J connectivity index is 1.69. The van der Waals surface area contributed by atoms with Crippen molar-refractivity contribution in [3.8, 4) is 0 Å². The summed E-state index contributed by atoms with van der Waals surface area (Å²) in [7, 11) is 0. The van der Waals surface area contributed by atoms with Crippen molar-refractivity contribution >= 4 is 17.6 Å². The Morgan fingerprint density at radius 1 is 0.958 bits per heavy atom. The van der Waals surface area contributed by atoms with E-state index in [2.05, 4.69) is 5.32 Å². The van der Waals surface area contributed by atoms with Crippen LogP contribution in [0.4, 0.5) is 5.69 Å². The number of amides is 1. The van der Waals surface area contributed by atoms with E-state index < -0.39 is 0 Å². The molecular formula is C20H23NO3. The molecule has 2 rings (SSSR count). The Morgan fingerprint density at radius 3 is 2.46 bits per heavy atom. The van der Waals surface area contributed by atoms with Gasteiger partial charge in [0.2, 0.25) is 5.91 Å².